The Balaban J connectivity index is 0.742. The summed E-state index contributed by atoms with van der Waals surface area (Å²) in [6.45, 7) is 13.7. The third-order valence-electron chi connectivity index (χ3n) is 13.8. The highest BCUT2D eigenvalue weighted by atomic mass is 32.1. The third-order valence-corrected chi connectivity index (χ3v) is 14.8. The molecule has 5 heterocycles. The van der Waals surface area contributed by atoms with E-state index in [9.17, 15) is 29.4 Å². The molecule has 0 bridgehead atoms. The lowest BCUT2D eigenvalue weighted by Gasteiger charge is -2.37. The van der Waals surface area contributed by atoms with E-state index in [0.717, 1.165) is 52.5 Å². The fourth-order valence-corrected chi connectivity index (χ4v) is 10.5. The van der Waals surface area contributed by atoms with Gasteiger partial charge in [0.25, 0.3) is 0 Å². The van der Waals surface area contributed by atoms with Crippen molar-refractivity contribution in [2.24, 2.45) is 5.41 Å². The highest BCUT2D eigenvalue weighted by Gasteiger charge is 2.45. The van der Waals surface area contributed by atoms with Crippen molar-refractivity contribution in [3.05, 3.63) is 95.6 Å². The smallest absolute Gasteiger partial charge is 0.246 e. The summed E-state index contributed by atoms with van der Waals surface area (Å²) in [5, 5.41) is 35.2. The minimum atomic E-state index is -0.965. The number of rotatable bonds is 17. The van der Waals surface area contributed by atoms with Gasteiger partial charge in [-0.25, -0.2) is 4.98 Å². The number of likely N-dealkylation sites (tertiary alicyclic amines) is 1. The van der Waals surface area contributed by atoms with Gasteiger partial charge in [0.15, 0.2) is 11.6 Å². The number of β-amino-alcohol motifs (C(OH)–C–C–N with tert-alkyl or cyclic N) is 1. The van der Waals surface area contributed by atoms with Crippen molar-refractivity contribution in [3.63, 3.8) is 0 Å². The number of aliphatic hydroxyl groups excluding tert-OH is 1. The Morgan fingerprint density at radius 3 is 2.26 bits per heavy atom. The number of nitrogens with two attached hydrogens (primary N) is 1. The molecule has 0 aliphatic carbocycles. The van der Waals surface area contributed by atoms with Gasteiger partial charge in [-0.3, -0.25) is 19.2 Å². The number of nitrogen functional groups attached to an aromatic ring is 1. The van der Waals surface area contributed by atoms with Crippen LogP contribution in [0, 0.1) is 12.3 Å². The number of hydrogen-bond acceptors (Lipinski definition) is 15. The standard InChI is InChI=1S/C54H68N10O8S/c1-34(36-12-14-37(15-13-36)49-35(2)56-33-73-49)57-52(69)44-29-40(65)31-64(44)53(70)50(54(3,4)5)58-47(67)20-27-71-28-21-48(68)62-25-23-61(24-26-62)38-16-18-39(19-17-38)63-22-8-9-41(32-63)72-46-30-43(59-60-51(46)55)42-10-6-7-11-45(42)66/h6-7,10-19,30,33-34,40-41,44,50,65-66H,8-9,20-29,31-32H2,1-5H3,(H2,55,60)(H,57,69)(H,58,67)/t34-,40+,41?,44-,50+/m0/s1. The number of piperazine rings is 1. The first-order valence-corrected chi connectivity index (χ1v) is 26.0. The number of aryl methyl sites for hydroxylation is 1. The Morgan fingerprint density at radius 2 is 1.58 bits per heavy atom. The number of thiazole rings is 1. The number of hydrogen-bond donors (Lipinski definition) is 5. The molecule has 0 saturated carbocycles. The number of aromatic nitrogens is 3. The Kier molecular flexibility index (Phi) is 16.8. The zero-order chi connectivity index (χ0) is 51.8. The molecule has 0 spiro atoms. The minimum absolute atomic E-state index is 0.0147. The van der Waals surface area contributed by atoms with Gasteiger partial charge in [-0.2, -0.15) is 0 Å². The maximum atomic E-state index is 14.1. The molecule has 3 aliphatic heterocycles. The number of phenolic OH excluding ortho intramolecular Hbond substituents is 1. The van der Waals surface area contributed by atoms with Gasteiger partial charge in [-0.05, 0) is 79.6 Å². The van der Waals surface area contributed by atoms with Crippen LogP contribution in [0.4, 0.5) is 17.2 Å². The second-order valence-electron chi connectivity index (χ2n) is 20.2. The molecular weight excluding hydrogens is 949 g/mol. The van der Waals surface area contributed by atoms with E-state index >= 15 is 0 Å². The highest BCUT2D eigenvalue weighted by molar-refractivity contribution is 7.13. The average molecular weight is 1020 g/mol. The average Bonchev–Trinajstić information content (AvgIpc) is 4.01. The van der Waals surface area contributed by atoms with Gasteiger partial charge in [-0.1, -0.05) is 57.2 Å². The van der Waals surface area contributed by atoms with Gasteiger partial charge < -0.3 is 55.7 Å². The van der Waals surface area contributed by atoms with E-state index in [1.165, 1.54) is 4.90 Å². The van der Waals surface area contributed by atoms with Crippen molar-refractivity contribution >= 4 is 52.2 Å². The van der Waals surface area contributed by atoms with Gasteiger partial charge in [0.05, 0.1) is 54.4 Å². The minimum Gasteiger partial charge on any atom is -0.507 e. The SMILES string of the molecule is Cc1ncsc1-c1ccc([C@H](C)NC(=O)[C@@H]2C[C@@H](O)CN2C(=O)[C@@H](NC(=O)CCOCCC(=O)N2CCN(c3ccc(N4CCCC(Oc5cc(-c6ccccc6O)nnc5N)C4)cc3)CC2)C(C)(C)C)cc1. The molecule has 2 aromatic heterocycles. The lowest BCUT2D eigenvalue weighted by Crippen LogP contribution is -2.58. The summed E-state index contributed by atoms with van der Waals surface area (Å²) < 4.78 is 12.1. The quantitative estimate of drug-likeness (QED) is 0.0702. The van der Waals surface area contributed by atoms with Crippen molar-refractivity contribution in [1.82, 2.24) is 35.6 Å². The predicted octanol–water partition coefficient (Wildman–Crippen LogP) is 5.73. The van der Waals surface area contributed by atoms with E-state index in [1.54, 1.807) is 35.6 Å². The molecule has 8 rings (SSSR count). The fraction of sp³-hybridized carbons (Fsp3) is 0.463. The lowest BCUT2D eigenvalue weighted by atomic mass is 9.85. The molecule has 19 heteroatoms. The Labute approximate surface area is 430 Å². The Hall–Kier alpha value is -6.83. The van der Waals surface area contributed by atoms with Crippen LogP contribution in [-0.2, 0) is 23.9 Å². The number of carbonyl (C=O) groups excluding carboxylic acids is 4. The summed E-state index contributed by atoms with van der Waals surface area (Å²) in [4.78, 5) is 67.5. The van der Waals surface area contributed by atoms with Crippen LogP contribution < -0.4 is 30.9 Å². The third kappa shape index (κ3) is 13.0. The first-order chi connectivity index (χ1) is 35.0. The van der Waals surface area contributed by atoms with Crippen LogP contribution in [0.1, 0.15) is 77.1 Å². The van der Waals surface area contributed by atoms with Crippen molar-refractivity contribution in [3.8, 4) is 33.2 Å². The first-order valence-electron chi connectivity index (χ1n) is 25.1. The maximum absolute atomic E-state index is 14.1. The van der Waals surface area contributed by atoms with E-state index in [0.29, 0.717) is 49.7 Å². The number of amides is 4. The zero-order valence-electron chi connectivity index (χ0n) is 42.3. The molecule has 3 aliphatic rings. The second kappa shape index (κ2) is 23.4. The Morgan fingerprint density at radius 1 is 0.877 bits per heavy atom. The van der Waals surface area contributed by atoms with Gasteiger partial charge in [0.1, 0.15) is 29.6 Å². The van der Waals surface area contributed by atoms with Gasteiger partial charge >= 0.3 is 0 Å². The highest BCUT2D eigenvalue weighted by Crippen LogP contribution is 2.34. The largest absolute Gasteiger partial charge is 0.507 e. The van der Waals surface area contributed by atoms with Crippen LogP contribution in [-0.4, -0.2) is 142 Å². The number of aliphatic hydroxyl groups is 1. The van der Waals surface area contributed by atoms with Crippen molar-refractivity contribution in [2.45, 2.75) is 97.1 Å². The van der Waals surface area contributed by atoms with Gasteiger partial charge in [0, 0.05) is 75.1 Å². The molecule has 4 amide bonds. The molecule has 3 fully saturated rings. The molecule has 1 unspecified atom stereocenters. The molecule has 3 saturated heterocycles. The summed E-state index contributed by atoms with van der Waals surface area (Å²) in [5.41, 5.74) is 13.4. The molecule has 73 heavy (non-hydrogen) atoms. The molecule has 5 aromatic rings. The summed E-state index contributed by atoms with van der Waals surface area (Å²) in [6, 6.07) is 22.8. The van der Waals surface area contributed by atoms with Crippen molar-refractivity contribution in [1.29, 1.82) is 0 Å². The topological polar surface area (TPSA) is 229 Å². The zero-order valence-corrected chi connectivity index (χ0v) is 43.1. The maximum Gasteiger partial charge on any atom is 0.246 e. The predicted molar refractivity (Wildman–Crippen MR) is 281 cm³/mol. The number of anilines is 3. The van der Waals surface area contributed by atoms with E-state index < -0.39 is 35.4 Å². The molecule has 5 atom stereocenters. The van der Waals surface area contributed by atoms with Crippen molar-refractivity contribution < 1.29 is 38.9 Å². The van der Waals surface area contributed by atoms with Crippen molar-refractivity contribution in [2.75, 3.05) is 74.6 Å². The summed E-state index contributed by atoms with van der Waals surface area (Å²) in [7, 11) is 0. The number of nitrogens with zero attached hydrogens (tertiary/aromatic N) is 7. The molecule has 18 nitrogen and oxygen atoms in total. The van der Waals surface area contributed by atoms with Crippen LogP contribution in [0.5, 0.6) is 11.5 Å². The second-order valence-corrected chi connectivity index (χ2v) is 21.1. The number of benzene rings is 3. The Bertz CT molecular complexity index is 2710. The van der Waals surface area contributed by atoms with Crippen LogP contribution in [0.2, 0.25) is 0 Å². The summed E-state index contributed by atoms with van der Waals surface area (Å²) >= 11 is 1.57. The number of ether oxygens (including phenoxy) is 2. The number of phenols is 1. The van der Waals surface area contributed by atoms with Gasteiger partial charge in [-0.15, -0.1) is 21.5 Å². The summed E-state index contributed by atoms with van der Waals surface area (Å²) in [5.74, 6) is -0.484. The number of para-hydroxylation sites is 1. The molecule has 6 N–H and O–H groups in total. The number of piperidine rings is 1. The molecule has 3 aromatic carbocycles. The number of aromatic hydroxyl groups is 1. The van der Waals surface area contributed by atoms with E-state index in [1.807, 2.05) is 75.4 Å². The fourth-order valence-electron chi connectivity index (χ4n) is 9.67. The van der Waals surface area contributed by atoms with E-state index in [-0.39, 0.29) is 74.5 Å². The van der Waals surface area contributed by atoms with Crippen LogP contribution in [0.15, 0.2) is 84.4 Å². The first kappa shape index (κ1) is 52.5. The van der Waals surface area contributed by atoms with Gasteiger partial charge in [0.2, 0.25) is 23.6 Å². The monoisotopic (exact) mass is 1020 g/mol. The van der Waals surface area contributed by atoms with Crippen LogP contribution in [0.3, 0.4) is 0 Å². The van der Waals surface area contributed by atoms with E-state index in [4.69, 9.17) is 15.2 Å². The normalized spacial score (nSPS) is 19.1. The van der Waals surface area contributed by atoms with Crippen LogP contribution >= 0.6 is 11.3 Å². The molecular formula is C54H68N10O8S. The number of nitrogens with one attached hydrogen (secondary N) is 2. The molecule has 388 valence electrons. The number of carbonyl (C=O) groups is 4. The summed E-state index contributed by atoms with van der Waals surface area (Å²) in [6.07, 6.45) is 1.04. The molecule has 0 radical (unpaired) electrons. The van der Waals surface area contributed by atoms with E-state index in [2.05, 4.69) is 59.9 Å². The van der Waals surface area contributed by atoms with Crippen LogP contribution in [0.25, 0.3) is 21.7 Å². The lowest BCUT2D eigenvalue weighted by molar-refractivity contribution is -0.144.